The summed E-state index contributed by atoms with van der Waals surface area (Å²) in [6, 6.07) is 16.7. The zero-order valence-corrected chi connectivity index (χ0v) is 16.6. The van der Waals surface area contributed by atoms with Gasteiger partial charge in [0.15, 0.2) is 0 Å². The summed E-state index contributed by atoms with van der Waals surface area (Å²) in [5.41, 5.74) is 0. The lowest BCUT2D eigenvalue weighted by Crippen LogP contribution is -2.38. The Labute approximate surface area is 157 Å². The molecule has 1 aliphatic rings. The number of methoxy groups -OCH3 is 2. The van der Waals surface area contributed by atoms with Crippen LogP contribution in [-0.4, -0.2) is 50.0 Å². The van der Waals surface area contributed by atoms with Crippen LogP contribution < -0.4 is 14.8 Å². The smallest absolute Gasteiger partial charge is 0.118 e. The largest absolute Gasteiger partial charge is 0.497 e. The van der Waals surface area contributed by atoms with Crippen molar-refractivity contribution in [2.24, 2.45) is 0 Å². The number of hydrogen-bond acceptors (Lipinski definition) is 4. The van der Waals surface area contributed by atoms with Crippen LogP contribution in [0.1, 0.15) is 12.8 Å². The van der Waals surface area contributed by atoms with Crippen molar-refractivity contribution in [1.82, 2.24) is 5.32 Å². The lowest BCUT2D eigenvalue weighted by Gasteiger charge is -2.40. The highest BCUT2D eigenvalue weighted by molar-refractivity contribution is 8.33. The topological polar surface area (TPSA) is 50.7 Å². The fourth-order valence-corrected chi connectivity index (χ4v) is 6.62. The maximum Gasteiger partial charge on any atom is 0.118 e. The van der Waals surface area contributed by atoms with Gasteiger partial charge in [-0.25, -0.2) is 0 Å². The van der Waals surface area contributed by atoms with Crippen LogP contribution in [-0.2, 0) is 0 Å². The molecule has 2 atom stereocenters. The molecule has 2 aromatic carbocycles. The van der Waals surface area contributed by atoms with Gasteiger partial charge < -0.3 is 19.9 Å². The highest BCUT2D eigenvalue weighted by atomic mass is 32.3. The Hall–Kier alpha value is -1.69. The standard InChI is InChI=1S/C21H29NO3S/c1-24-16-6-10-18(11-7-16)26(3,15-21(23)20-5-4-14-22-20)19-12-8-17(25-2)9-13-19/h6-13,20-23H,4-5,14-15H2,1-3H3/t20-,21+/m0/s1. The minimum Gasteiger partial charge on any atom is -0.497 e. The van der Waals surface area contributed by atoms with Gasteiger partial charge in [-0.05, 0) is 84.0 Å². The van der Waals surface area contributed by atoms with Crippen LogP contribution in [0.3, 0.4) is 0 Å². The van der Waals surface area contributed by atoms with E-state index in [2.05, 4.69) is 35.8 Å². The molecule has 142 valence electrons. The monoisotopic (exact) mass is 375 g/mol. The Morgan fingerprint density at radius 3 is 1.88 bits per heavy atom. The molecule has 2 aromatic rings. The Morgan fingerprint density at radius 2 is 1.50 bits per heavy atom. The van der Waals surface area contributed by atoms with Gasteiger partial charge in [0.25, 0.3) is 0 Å². The van der Waals surface area contributed by atoms with E-state index >= 15 is 0 Å². The van der Waals surface area contributed by atoms with Crippen LogP contribution in [0.15, 0.2) is 58.3 Å². The normalized spacial score (nSPS) is 19.2. The number of nitrogens with one attached hydrogen (secondary N) is 1. The average Bonchev–Trinajstić information content (AvgIpc) is 3.23. The van der Waals surface area contributed by atoms with E-state index in [1.165, 1.54) is 9.79 Å². The van der Waals surface area contributed by atoms with Crippen molar-refractivity contribution in [3.63, 3.8) is 0 Å². The first-order chi connectivity index (χ1) is 12.6. The molecule has 0 bridgehead atoms. The van der Waals surface area contributed by atoms with Crippen molar-refractivity contribution >= 4 is 10.0 Å². The number of rotatable bonds is 7. The summed E-state index contributed by atoms with van der Waals surface area (Å²) in [6.07, 6.45) is 4.11. The van der Waals surface area contributed by atoms with E-state index in [-0.39, 0.29) is 12.1 Å². The highest BCUT2D eigenvalue weighted by Crippen LogP contribution is 2.60. The van der Waals surface area contributed by atoms with Crippen LogP contribution in [0.4, 0.5) is 0 Å². The summed E-state index contributed by atoms with van der Waals surface area (Å²) < 4.78 is 10.6. The molecule has 0 aromatic heterocycles. The third-order valence-corrected chi connectivity index (χ3v) is 8.86. The van der Waals surface area contributed by atoms with Crippen LogP contribution in [0, 0.1) is 0 Å². The van der Waals surface area contributed by atoms with Gasteiger partial charge in [-0.3, -0.25) is 0 Å². The summed E-state index contributed by atoms with van der Waals surface area (Å²) in [6.45, 7) is 0.999. The van der Waals surface area contributed by atoms with Gasteiger partial charge in [0.1, 0.15) is 11.5 Å². The Kier molecular flexibility index (Phi) is 6.12. The van der Waals surface area contributed by atoms with E-state index < -0.39 is 10.0 Å². The molecule has 26 heavy (non-hydrogen) atoms. The summed E-state index contributed by atoms with van der Waals surface area (Å²) >= 11 is 0. The minimum absolute atomic E-state index is 0.193. The van der Waals surface area contributed by atoms with E-state index in [0.717, 1.165) is 36.6 Å². The number of aliphatic hydroxyl groups excluding tert-OH is 1. The molecule has 0 amide bonds. The molecule has 0 unspecified atom stereocenters. The molecule has 1 heterocycles. The molecule has 1 saturated heterocycles. The van der Waals surface area contributed by atoms with Crippen molar-refractivity contribution < 1.29 is 14.6 Å². The molecule has 0 aliphatic carbocycles. The zero-order valence-electron chi connectivity index (χ0n) is 15.8. The van der Waals surface area contributed by atoms with Gasteiger partial charge in [0.2, 0.25) is 0 Å². The molecular formula is C21H29NO3S. The van der Waals surface area contributed by atoms with Gasteiger partial charge in [-0.15, -0.1) is 0 Å². The molecule has 0 radical (unpaired) electrons. The summed E-state index contributed by atoms with van der Waals surface area (Å²) in [4.78, 5) is 2.50. The van der Waals surface area contributed by atoms with Gasteiger partial charge in [0, 0.05) is 11.8 Å². The van der Waals surface area contributed by atoms with Crippen molar-refractivity contribution in [3.05, 3.63) is 48.5 Å². The predicted molar refractivity (Wildman–Crippen MR) is 108 cm³/mol. The number of hydrogen-bond donors (Lipinski definition) is 2. The third-order valence-electron chi connectivity index (χ3n) is 5.23. The molecule has 5 heteroatoms. The quantitative estimate of drug-likeness (QED) is 0.775. The maximum absolute atomic E-state index is 10.9. The summed E-state index contributed by atoms with van der Waals surface area (Å²) in [5, 5.41) is 14.4. The average molecular weight is 376 g/mol. The van der Waals surface area contributed by atoms with Gasteiger partial charge in [-0.2, -0.15) is 10.0 Å². The van der Waals surface area contributed by atoms with Gasteiger partial charge in [0.05, 0.1) is 20.3 Å². The van der Waals surface area contributed by atoms with E-state index in [4.69, 9.17) is 9.47 Å². The van der Waals surface area contributed by atoms with E-state index in [0.29, 0.717) is 0 Å². The Bertz CT molecular complexity index is 649. The first-order valence-corrected chi connectivity index (χ1v) is 11.2. The summed E-state index contributed by atoms with van der Waals surface area (Å²) in [7, 11) is 1.98. The minimum atomic E-state index is -1.38. The molecule has 3 rings (SSSR count). The maximum atomic E-state index is 10.9. The van der Waals surface area contributed by atoms with Gasteiger partial charge >= 0.3 is 0 Å². The lowest BCUT2D eigenvalue weighted by atomic mass is 10.1. The fourth-order valence-electron chi connectivity index (χ4n) is 3.58. The second kappa shape index (κ2) is 8.33. The van der Waals surface area contributed by atoms with Crippen LogP contribution >= 0.6 is 10.0 Å². The lowest BCUT2D eigenvalue weighted by molar-refractivity contribution is 0.158. The molecule has 1 fully saturated rings. The SMILES string of the molecule is COc1ccc(S(C)(C[C@@H](O)[C@@H]2CCCN2)c2ccc(OC)cc2)cc1. The molecular weight excluding hydrogens is 346 g/mol. The van der Waals surface area contributed by atoms with Crippen molar-refractivity contribution in [1.29, 1.82) is 0 Å². The number of benzene rings is 2. The molecule has 1 aliphatic heterocycles. The number of aliphatic hydroxyl groups is 1. The second-order valence-corrected chi connectivity index (χ2v) is 10.3. The van der Waals surface area contributed by atoms with Crippen LogP contribution in [0.5, 0.6) is 11.5 Å². The van der Waals surface area contributed by atoms with E-state index in [9.17, 15) is 5.11 Å². The van der Waals surface area contributed by atoms with Crippen molar-refractivity contribution in [3.8, 4) is 11.5 Å². The van der Waals surface area contributed by atoms with Crippen molar-refractivity contribution in [2.45, 2.75) is 34.8 Å². The third kappa shape index (κ3) is 4.00. The van der Waals surface area contributed by atoms with Crippen molar-refractivity contribution in [2.75, 3.05) is 32.8 Å². The zero-order chi connectivity index (χ0) is 18.6. The first-order valence-electron chi connectivity index (χ1n) is 9.02. The van der Waals surface area contributed by atoms with Gasteiger partial charge in [-0.1, -0.05) is 0 Å². The van der Waals surface area contributed by atoms with Crippen LogP contribution in [0.25, 0.3) is 0 Å². The second-order valence-electron chi connectivity index (χ2n) is 6.88. The summed E-state index contributed by atoms with van der Waals surface area (Å²) in [5.74, 6) is 2.44. The molecule has 4 nitrogen and oxygen atoms in total. The predicted octanol–water partition coefficient (Wildman–Crippen LogP) is 3.67. The molecule has 2 N–H and O–H groups in total. The molecule has 0 saturated carbocycles. The highest BCUT2D eigenvalue weighted by Gasteiger charge is 2.31. The van der Waals surface area contributed by atoms with Crippen LogP contribution in [0.2, 0.25) is 0 Å². The Morgan fingerprint density at radius 1 is 1.00 bits per heavy atom. The molecule has 0 spiro atoms. The first kappa shape index (κ1) is 19.1. The van der Waals surface area contributed by atoms with E-state index in [1.807, 2.05) is 24.3 Å². The Balaban J connectivity index is 1.95. The van der Waals surface area contributed by atoms with E-state index in [1.54, 1.807) is 14.2 Å². The fraction of sp³-hybridized carbons (Fsp3) is 0.429. The number of ether oxygens (including phenoxy) is 2.